The lowest BCUT2D eigenvalue weighted by molar-refractivity contribution is -0.143. The monoisotopic (exact) mass is 315 g/mol. The third-order valence-corrected chi connectivity index (χ3v) is 4.48. The summed E-state index contributed by atoms with van der Waals surface area (Å²) in [6, 6.07) is 5.21. The van der Waals surface area contributed by atoms with Crippen LogP contribution in [0.5, 0.6) is 5.75 Å². The van der Waals surface area contributed by atoms with Gasteiger partial charge in [0.1, 0.15) is 12.3 Å². The van der Waals surface area contributed by atoms with E-state index in [1.807, 2.05) is 13.8 Å². The van der Waals surface area contributed by atoms with E-state index < -0.39 is 16.0 Å². The van der Waals surface area contributed by atoms with Gasteiger partial charge in [0.2, 0.25) is 10.0 Å². The molecule has 1 aromatic carbocycles. The highest BCUT2D eigenvalue weighted by molar-refractivity contribution is 7.89. The third-order valence-electron chi connectivity index (χ3n) is 2.65. The van der Waals surface area contributed by atoms with Crippen LogP contribution < -0.4 is 0 Å². The first-order valence-corrected chi connectivity index (χ1v) is 8.16. The molecule has 0 aliphatic heterocycles. The number of esters is 1. The van der Waals surface area contributed by atoms with Crippen molar-refractivity contribution in [1.29, 1.82) is 0 Å². The molecule has 21 heavy (non-hydrogen) atoms. The molecule has 0 heterocycles. The van der Waals surface area contributed by atoms with E-state index in [0.29, 0.717) is 0 Å². The summed E-state index contributed by atoms with van der Waals surface area (Å²) in [5.74, 6) is -0.540. The minimum atomic E-state index is -3.80. The standard InChI is InChI=1S/C14H21NO5S/c1-4-20-14(17)10-15(9-11(2)3)21(18,19)13-7-5-12(16)6-8-13/h5-8,11,16H,4,9-10H2,1-3H3. The van der Waals surface area contributed by atoms with Crippen LogP contribution in [0.2, 0.25) is 0 Å². The van der Waals surface area contributed by atoms with Gasteiger partial charge in [0, 0.05) is 6.54 Å². The summed E-state index contributed by atoms with van der Waals surface area (Å²) in [4.78, 5) is 11.6. The van der Waals surface area contributed by atoms with Gasteiger partial charge in [-0.2, -0.15) is 4.31 Å². The zero-order valence-corrected chi connectivity index (χ0v) is 13.3. The van der Waals surface area contributed by atoms with E-state index in [1.165, 1.54) is 24.3 Å². The van der Waals surface area contributed by atoms with Crippen LogP contribution in [0, 0.1) is 5.92 Å². The van der Waals surface area contributed by atoms with Crippen molar-refractivity contribution >= 4 is 16.0 Å². The highest BCUT2D eigenvalue weighted by Gasteiger charge is 2.27. The molecular formula is C14H21NO5S. The number of phenols is 1. The summed E-state index contributed by atoms with van der Waals surface area (Å²) in [7, 11) is -3.80. The summed E-state index contributed by atoms with van der Waals surface area (Å²) in [5.41, 5.74) is 0. The van der Waals surface area contributed by atoms with E-state index in [9.17, 15) is 18.3 Å². The van der Waals surface area contributed by atoms with Crippen LogP contribution in [-0.4, -0.2) is 43.5 Å². The third kappa shape index (κ3) is 5.02. The Bertz CT molecular complexity index is 566. The van der Waals surface area contributed by atoms with Gasteiger partial charge in [-0.3, -0.25) is 4.79 Å². The van der Waals surface area contributed by atoms with E-state index in [1.54, 1.807) is 6.92 Å². The smallest absolute Gasteiger partial charge is 0.321 e. The lowest BCUT2D eigenvalue weighted by Crippen LogP contribution is -2.38. The molecule has 118 valence electrons. The summed E-state index contributed by atoms with van der Waals surface area (Å²) in [5, 5.41) is 9.24. The van der Waals surface area contributed by atoms with Crippen LogP contribution in [0.25, 0.3) is 0 Å². The molecule has 0 saturated heterocycles. The van der Waals surface area contributed by atoms with Gasteiger partial charge >= 0.3 is 5.97 Å². The zero-order valence-electron chi connectivity index (χ0n) is 12.4. The molecule has 0 aromatic heterocycles. The van der Waals surface area contributed by atoms with Crippen molar-refractivity contribution in [3.8, 4) is 5.75 Å². The van der Waals surface area contributed by atoms with Crippen molar-refractivity contribution < 1.29 is 23.1 Å². The average Bonchev–Trinajstić information content (AvgIpc) is 2.38. The van der Waals surface area contributed by atoms with Crippen LogP contribution >= 0.6 is 0 Å². The summed E-state index contributed by atoms with van der Waals surface area (Å²) < 4.78 is 31.0. The van der Waals surface area contributed by atoms with E-state index in [0.717, 1.165) is 4.31 Å². The molecule has 6 nitrogen and oxygen atoms in total. The first-order chi connectivity index (χ1) is 9.77. The highest BCUT2D eigenvalue weighted by Crippen LogP contribution is 2.19. The fraction of sp³-hybridized carbons (Fsp3) is 0.500. The second kappa shape index (κ2) is 7.42. The van der Waals surface area contributed by atoms with Gasteiger partial charge in [-0.1, -0.05) is 13.8 Å². The molecule has 0 atom stereocenters. The van der Waals surface area contributed by atoms with E-state index in [-0.39, 0.29) is 36.3 Å². The fourth-order valence-electron chi connectivity index (χ4n) is 1.77. The minimum absolute atomic E-state index is 0.0187. The first-order valence-electron chi connectivity index (χ1n) is 6.72. The second-order valence-corrected chi connectivity index (χ2v) is 6.93. The summed E-state index contributed by atoms with van der Waals surface area (Å²) >= 11 is 0. The lowest BCUT2D eigenvalue weighted by Gasteiger charge is -2.23. The number of carbonyl (C=O) groups excluding carboxylic acids is 1. The van der Waals surface area contributed by atoms with E-state index >= 15 is 0 Å². The first kappa shape index (κ1) is 17.5. The van der Waals surface area contributed by atoms with Crippen LogP contribution in [0.3, 0.4) is 0 Å². The number of ether oxygens (including phenoxy) is 1. The number of carbonyl (C=O) groups is 1. The minimum Gasteiger partial charge on any atom is -0.508 e. The normalized spacial score (nSPS) is 11.9. The Balaban J connectivity index is 3.05. The molecule has 1 rings (SSSR count). The number of phenolic OH excluding ortho intramolecular Hbond substituents is 1. The number of hydrogen-bond acceptors (Lipinski definition) is 5. The number of sulfonamides is 1. The summed E-state index contributed by atoms with van der Waals surface area (Å²) in [6.45, 7) is 5.49. The topological polar surface area (TPSA) is 83.9 Å². The molecule has 0 fully saturated rings. The molecule has 0 saturated carbocycles. The molecule has 0 bridgehead atoms. The maximum absolute atomic E-state index is 12.6. The fourth-order valence-corrected chi connectivity index (χ4v) is 3.32. The summed E-state index contributed by atoms with van der Waals surface area (Å²) in [6.07, 6.45) is 0. The Labute approximate surface area is 125 Å². The van der Waals surface area contributed by atoms with Crippen molar-refractivity contribution in [2.75, 3.05) is 19.7 Å². The lowest BCUT2D eigenvalue weighted by atomic mass is 10.2. The SMILES string of the molecule is CCOC(=O)CN(CC(C)C)S(=O)(=O)c1ccc(O)cc1. The van der Waals surface area contributed by atoms with Gasteiger partial charge in [0.25, 0.3) is 0 Å². The molecule has 7 heteroatoms. The number of benzene rings is 1. The predicted octanol–water partition coefficient (Wildman–Crippen LogP) is 1.60. The molecule has 0 aliphatic carbocycles. The van der Waals surface area contributed by atoms with Gasteiger partial charge in [-0.25, -0.2) is 8.42 Å². The van der Waals surface area contributed by atoms with Gasteiger partial charge in [-0.15, -0.1) is 0 Å². The maximum Gasteiger partial charge on any atom is 0.321 e. The Morgan fingerprint density at radius 1 is 1.29 bits per heavy atom. The van der Waals surface area contributed by atoms with Gasteiger partial charge < -0.3 is 9.84 Å². The van der Waals surface area contributed by atoms with Crippen LogP contribution in [0.4, 0.5) is 0 Å². The van der Waals surface area contributed by atoms with Crippen LogP contribution in [-0.2, 0) is 19.6 Å². The molecule has 0 aliphatic rings. The average molecular weight is 315 g/mol. The van der Waals surface area contributed by atoms with Crippen molar-refractivity contribution in [2.45, 2.75) is 25.7 Å². The van der Waals surface area contributed by atoms with E-state index in [2.05, 4.69) is 0 Å². The van der Waals surface area contributed by atoms with Crippen LogP contribution in [0.1, 0.15) is 20.8 Å². The molecule has 0 radical (unpaired) electrons. The predicted molar refractivity (Wildman–Crippen MR) is 78.3 cm³/mol. The number of rotatable bonds is 7. The van der Waals surface area contributed by atoms with E-state index in [4.69, 9.17) is 4.74 Å². The zero-order chi connectivity index (χ0) is 16.0. The highest BCUT2D eigenvalue weighted by atomic mass is 32.2. The van der Waals surface area contributed by atoms with Crippen molar-refractivity contribution in [1.82, 2.24) is 4.31 Å². The number of nitrogens with zero attached hydrogens (tertiary/aromatic N) is 1. The van der Waals surface area contributed by atoms with Gasteiger partial charge in [0.05, 0.1) is 11.5 Å². The molecule has 0 amide bonds. The number of aromatic hydroxyl groups is 1. The van der Waals surface area contributed by atoms with Crippen molar-refractivity contribution in [2.24, 2.45) is 5.92 Å². The largest absolute Gasteiger partial charge is 0.508 e. The number of hydrogen-bond donors (Lipinski definition) is 1. The van der Waals surface area contributed by atoms with Gasteiger partial charge in [-0.05, 0) is 37.1 Å². The Hall–Kier alpha value is -1.60. The Morgan fingerprint density at radius 2 is 1.86 bits per heavy atom. The van der Waals surface area contributed by atoms with Crippen molar-refractivity contribution in [3.05, 3.63) is 24.3 Å². The van der Waals surface area contributed by atoms with Gasteiger partial charge in [0.15, 0.2) is 0 Å². The molecule has 1 aromatic rings. The molecule has 0 unspecified atom stereocenters. The second-order valence-electron chi connectivity index (χ2n) is 4.99. The van der Waals surface area contributed by atoms with Crippen LogP contribution in [0.15, 0.2) is 29.2 Å². The molecular weight excluding hydrogens is 294 g/mol. The Kier molecular flexibility index (Phi) is 6.17. The Morgan fingerprint density at radius 3 is 2.33 bits per heavy atom. The van der Waals surface area contributed by atoms with Crippen molar-refractivity contribution in [3.63, 3.8) is 0 Å². The molecule has 1 N–H and O–H groups in total. The quantitative estimate of drug-likeness (QED) is 0.773. The maximum atomic E-state index is 12.6. The molecule has 0 spiro atoms.